The highest BCUT2D eigenvalue weighted by Gasteiger charge is 2.17. The van der Waals surface area contributed by atoms with Crippen LogP contribution in [0.5, 0.6) is 0 Å². The van der Waals surface area contributed by atoms with E-state index in [0.717, 1.165) is 29.3 Å². The van der Waals surface area contributed by atoms with Crippen molar-refractivity contribution in [3.8, 4) is 10.6 Å². The molecule has 2 N–H and O–H groups in total. The maximum absolute atomic E-state index is 4.77. The van der Waals surface area contributed by atoms with Crippen LogP contribution in [0.15, 0.2) is 36.5 Å². The lowest BCUT2D eigenvalue weighted by Crippen LogP contribution is -2.26. The zero-order valence-electron chi connectivity index (χ0n) is 14.6. The van der Waals surface area contributed by atoms with Gasteiger partial charge in [-0.25, -0.2) is 9.97 Å². The topological polar surface area (TPSA) is 53.6 Å². The van der Waals surface area contributed by atoms with Crippen molar-refractivity contribution in [3.05, 3.63) is 47.8 Å². The summed E-state index contributed by atoms with van der Waals surface area (Å²) in [6.45, 7) is 4.29. The lowest BCUT2D eigenvalue weighted by Gasteiger charge is -2.22. The molecular formula is C20H21ClN4S. The molecule has 0 spiro atoms. The molecule has 1 aliphatic heterocycles. The van der Waals surface area contributed by atoms with Crippen molar-refractivity contribution < 1.29 is 0 Å². The first-order valence-corrected chi connectivity index (χ1v) is 9.65. The van der Waals surface area contributed by atoms with Gasteiger partial charge in [-0.2, -0.15) is 0 Å². The first kappa shape index (κ1) is 17.5. The van der Waals surface area contributed by atoms with Gasteiger partial charge in [-0.3, -0.25) is 0 Å². The van der Waals surface area contributed by atoms with Gasteiger partial charge in [0, 0.05) is 28.4 Å². The Hall–Kier alpha value is -1.95. The fraction of sp³-hybridized carbons (Fsp3) is 0.300. The first-order chi connectivity index (χ1) is 12.3. The third-order valence-corrected chi connectivity index (χ3v) is 6.12. The third-order valence-electron chi connectivity index (χ3n) is 5.08. The van der Waals surface area contributed by atoms with Crippen LogP contribution in [-0.4, -0.2) is 28.0 Å². The van der Waals surface area contributed by atoms with Gasteiger partial charge in [0.15, 0.2) is 5.65 Å². The van der Waals surface area contributed by atoms with Crippen molar-refractivity contribution in [2.24, 2.45) is 0 Å². The van der Waals surface area contributed by atoms with Crippen molar-refractivity contribution in [3.63, 3.8) is 0 Å². The van der Waals surface area contributed by atoms with Gasteiger partial charge < -0.3 is 10.3 Å². The monoisotopic (exact) mass is 384 g/mol. The van der Waals surface area contributed by atoms with Crippen molar-refractivity contribution >= 4 is 45.0 Å². The van der Waals surface area contributed by atoms with Gasteiger partial charge in [-0.05, 0) is 74.7 Å². The highest BCUT2D eigenvalue weighted by molar-refractivity contribution is 7.21. The molecule has 1 aliphatic rings. The molecule has 0 atom stereocenters. The molecule has 4 aromatic rings. The Labute approximate surface area is 162 Å². The average molecular weight is 385 g/mol. The Morgan fingerprint density at radius 2 is 1.96 bits per heavy atom. The Bertz CT molecular complexity index is 1060. The molecule has 1 aromatic carbocycles. The number of halogens is 1. The molecule has 3 aromatic heterocycles. The lowest BCUT2D eigenvalue weighted by atomic mass is 9.91. The van der Waals surface area contributed by atoms with Gasteiger partial charge >= 0.3 is 0 Å². The van der Waals surface area contributed by atoms with Gasteiger partial charge in [0.1, 0.15) is 5.01 Å². The van der Waals surface area contributed by atoms with Crippen molar-refractivity contribution in [1.82, 2.24) is 20.3 Å². The number of aromatic nitrogens is 3. The number of aryl methyl sites for hydroxylation is 1. The van der Waals surface area contributed by atoms with Crippen LogP contribution < -0.4 is 5.32 Å². The van der Waals surface area contributed by atoms with Crippen molar-refractivity contribution in [1.29, 1.82) is 0 Å². The molecule has 0 bridgehead atoms. The van der Waals surface area contributed by atoms with Crippen LogP contribution in [0.4, 0.5) is 0 Å². The molecular weight excluding hydrogens is 364 g/mol. The number of benzene rings is 1. The summed E-state index contributed by atoms with van der Waals surface area (Å²) < 4.78 is 1.19. The molecule has 0 aliphatic carbocycles. The highest BCUT2D eigenvalue weighted by Crippen LogP contribution is 2.34. The molecule has 26 heavy (non-hydrogen) atoms. The number of hydrogen-bond acceptors (Lipinski definition) is 4. The first-order valence-electron chi connectivity index (χ1n) is 8.83. The number of H-pyrrole nitrogens is 1. The molecule has 134 valence electrons. The van der Waals surface area contributed by atoms with Gasteiger partial charge in [0.05, 0.1) is 4.70 Å². The van der Waals surface area contributed by atoms with E-state index in [0.29, 0.717) is 5.92 Å². The van der Waals surface area contributed by atoms with Crippen LogP contribution in [0.3, 0.4) is 0 Å². The number of piperidine rings is 1. The second kappa shape index (κ2) is 6.99. The summed E-state index contributed by atoms with van der Waals surface area (Å²) in [5.41, 5.74) is 5.75. The molecule has 0 radical (unpaired) electrons. The van der Waals surface area contributed by atoms with Crippen LogP contribution in [0.2, 0.25) is 0 Å². The Morgan fingerprint density at radius 3 is 2.81 bits per heavy atom. The predicted octanol–water partition coefficient (Wildman–Crippen LogP) is 5.04. The third kappa shape index (κ3) is 3.11. The van der Waals surface area contributed by atoms with Crippen LogP contribution in [0, 0.1) is 6.92 Å². The second-order valence-corrected chi connectivity index (χ2v) is 7.92. The number of rotatable bonds is 2. The molecule has 0 saturated carbocycles. The summed E-state index contributed by atoms with van der Waals surface area (Å²) in [4.78, 5) is 12.8. The number of hydrogen-bond donors (Lipinski definition) is 2. The van der Waals surface area contributed by atoms with E-state index in [1.807, 2.05) is 6.20 Å². The molecule has 6 heteroatoms. The predicted molar refractivity (Wildman–Crippen MR) is 112 cm³/mol. The van der Waals surface area contributed by atoms with E-state index in [1.54, 1.807) is 11.3 Å². The van der Waals surface area contributed by atoms with Crippen LogP contribution in [0.1, 0.15) is 30.0 Å². The van der Waals surface area contributed by atoms with E-state index in [1.165, 1.54) is 39.7 Å². The van der Waals surface area contributed by atoms with E-state index >= 15 is 0 Å². The van der Waals surface area contributed by atoms with E-state index in [9.17, 15) is 0 Å². The number of fused-ring (bicyclic) bond motifs is 2. The van der Waals surface area contributed by atoms with Crippen LogP contribution >= 0.6 is 23.7 Å². The average Bonchev–Trinajstić information content (AvgIpc) is 3.23. The molecule has 1 saturated heterocycles. The van der Waals surface area contributed by atoms with Gasteiger partial charge in [-0.1, -0.05) is 0 Å². The summed E-state index contributed by atoms with van der Waals surface area (Å²) in [6.07, 6.45) is 4.42. The van der Waals surface area contributed by atoms with Crippen molar-refractivity contribution in [2.45, 2.75) is 25.7 Å². The lowest BCUT2D eigenvalue weighted by molar-refractivity contribution is 0.460. The summed E-state index contributed by atoms with van der Waals surface area (Å²) >= 11 is 1.74. The van der Waals surface area contributed by atoms with Crippen molar-refractivity contribution in [2.75, 3.05) is 13.1 Å². The summed E-state index contributed by atoms with van der Waals surface area (Å²) in [5, 5.41) is 5.71. The van der Waals surface area contributed by atoms with Gasteiger partial charge in [0.2, 0.25) is 0 Å². The summed E-state index contributed by atoms with van der Waals surface area (Å²) in [6, 6.07) is 11.0. The minimum atomic E-state index is 0. The molecule has 5 rings (SSSR count). The standard InChI is InChI=1S/C20H20N4S.ClH/c1-12-8-15-9-14(2-3-17(15)23-12)20-24-19-18(25-20)10-16(11-22-19)13-4-6-21-7-5-13;/h2-3,8-11,13,21,23H,4-7H2,1H3;1H. The molecule has 0 unspecified atom stereocenters. The number of nitrogens with zero attached hydrogens (tertiary/aromatic N) is 2. The SMILES string of the molecule is Cc1cc2cc(-c3nc4ncc(C5CCNCC5)cc4s3)ccc2[nH]1.Cl. The zero-order chi connectivity index (χ0) is 16.8. The van der Waals surface area contributed by atoms with E-state index < -0.39 is 0 Å². The second-order valence-electron chi connectivity index (χ2n) is 6.89. The van der Waals surface area contributed by atoms with E-state index in [4.69, 9.17) is 4.98 Å². The maximum Gasteiger partial charge on any atom is 0.170 e. The van der Waals surface area contributed by atoms with E-state index in [2.05, 4.69) is 52.5 Å². The summed E-state index contributed by atoms with van der Waals surface area (Å²) in [5.74, 6) is 0.628. The fourth-order valence-electron chi connectivity index (χ4n) is 3.75. The Kier molecular flexibility index (Phi) is 4.69. The zero-order valence-corrected chi connectivity index (χ0v) is 16.2. The smallest absolute Gasteiger partial charge is 0.170 e. The van der Waals surface area contributed by atoms with E-state index in [-0.39, 0.29) is 12.4 Å². The van der Waals surface area contributed by atoms with Gasteiger partial charge in [0.25, 0.3) is 0 Å². The minimum Gasteiger partial charge on any atom is -0.359 e. The quantitative estimate of drug-likeness (QED) is 0.509. The highest BCUT2D eigenvalue weighted by atomic mass is 35.5. The largest absolute Gasteiger partial charge is 0.359 e. The molecule has 4 heterocycles. The van der Waals surface area contributed by atoms with Crippen LogP contribution in [0.25, 0.3) is 31.8 Å². The number of pyridine rings is 1. The Morgan fingerprint density at radius 1 is 1.12 bits per heavy atom. The maximum atomic E-state index is 4.77. The van der Waals surface area contributed by atoms with Gasteiger partial charge in [-0.15, -0.1) is 23.7 Å². The molecule has 4 nitrogen and oxygen atoms in total. The molecule has 0 amide bonds. The number of aromatic amines is 1. The summed E-state index contributed by atoms with van der Waals surface area (Å²) in [7, 11) is 0. The Balaban J connectivity index is 0.00000168. The van der Waals surface area contributed by atoms with Crippen LogP contribution in [-0.2, 0) is 0 Å². The minimum absolute atomic E-state index is 0. The number of nitrogens with one attached hydrogen (secondary N) is 2. The molecule has 1 fully saturated rings. The number of thiazole rings is 1. The normalized spacial score (nSPS) is 15.4. The fourth-order valence-corrected chi connectivity index (χ4v) is 4.72.